The van der Waals surface area contributed by atoms with Crippen molar-refractivity contribution < 1.29 is 9.53 Å². The van der Waals surface area contributed by atoms with Gasteiger partial charge in [0.05, 0.1) is 28.4 Å². The summed E-state index contributed by atoms with van der Waals surface area (Å²) < 4.78 is 6.74. The number of aromatic nitrogens is 3. The van der Waals surface area contributed by atoms with Crippen molar-refractivity contribution in [3.63, 3.8) is 0 Å². The molecule has 0 N–H and O–H groups in total. The van der Waals surface area contributed by atoms with Gasteiger partial charge in [-0.3, -0.25) is 14.0 Å². The minimum atomic E-state index is -0.140. The van der Waals surface area contributed by atoms with Crippen LogP contribution in [-0.4, -0.2) is 27.8 Å². The number of halogens is 2. The van der Waals surface area contributed by atoms with Crippen LogP contribution in [0.4, 0.5) is 0 Å². The Morgan fingerprint density at radius 1 is 0.861 bits per heavy atom. The fourth-order valence-corrected chi connectivity index (χ4v) is 4.81. The fraction of sp³-hybridized carbons (Fsp3) is 0.0714. The van der Waals surface area contributed by atoms with Crippen LogP contribution in [-0.2, 0) is 0 Å². The molecule has 0 unspecified atom stereocenters. The summed E-state index contributed by atoms with van der Waals surface area (Å²) in [4.78, 5) is 32.4. The van der Waals surface area contributed by atoms with Crippen LogP contribution in [0, 0.1) is 6.92 Å². The molecule has 36 heavy (non-hydrogen) atoms. The van der Waals surface area contributed by atoms with Crippen LogP contribution in [0.3, 0.4) is 0 Å². The van der Waals surface area contributed by atoms with Crippen LogP contribution in [0.1, 0.15) is 16.1 Å². The Bertz CT molecular complexity index is 1710. The first-order valence-electron chi connectivity index (χ1n) is 11.0. The average molecular weight is 516 g/mol. The molecule has 0 aliphatic carbocycles. The van der Waals surface area contributed by atoms with E-state index < -0.39 is 0 Å². The highest BCUT2D eigenvalue weighted by Gasteiger charge is 2.17. The van der Waals surface area contributed by atoms with Gasteiger partial charge in [0, 0.05) is 40.2 Å². The molecule has 0 saturated carbocycles. The van der Waals surface area contributed by atoms with Crippen LogP contribution in [0.5, 0.6) is 5.88 Å². The number of carbonyl (C=O) groups excluding carboxylic acids is 1. The lowest BCUT2D eigenvalue weighted by Crippen LogP contribution is -2.14. The molecule has 0 aliphatic heterocycles. The number of methoxy groups -OCH3 is 1. The summed E-state index contributed by atoms with van der Waals surface area (Å²) in [6, 6.07) is 19.8. The second-order valence-electron chi connectivity index (χ2n) is 8.13. The van der Waals surface area contributed by atoms with Gasteiger partial charge in [-0.25, -0.2) is 9.97 Å². The highest BCUT2D eigenvalue weighted by atomic mass is 35.5. The number of rotatable bonds is 5. The van der Waals surface area contributed by atoms with E-state index in [9.17, 15) is 9.59 Å². The molecular formula is C28H19Cl2N3O3. The second-order valence-corrected chi connectivity index (χ2v) is 8.88. The Labute approximate surface area is 216 Å². The molecule has 8 heteroatoms. The molecule has 2 aromatic carbocycles. The molecule has 3 heterocycles. The molecule has 0 radical (unpaired) electrons. The van der Waals surface area contributed by atoms with Crippen LogP contribution in [0.25, 0.3) is 39.2 Å². The third kappa shape index (κ3) is 4.15. The standard InChI is InChI=1S/C28H19Cl2N3O3/c1-16-13-25(35)33-12-11-17(14-24(33)31-16)19-5-3-6-20(26(19)29)21-7-4-8-22(27(21)30)23-10-9-18(15-34)28(32-23)36-2/h3-15H,1-2H3. The first kappa shape index (κ1) is 23.7. The van der Waals surface area contributed by atoms with Crippen molar-refractivity contribution in [1.29, 1.82) is 0 Å². The summed E-state index contributed by atoms with van der Waals surface area (Å²) in [5.74, 6) is 0.225. The number of ether oxygens (including phenoxy) is 1. The van der Waals surface area contributed by atoms with Gasteiger partial charge in [0.2, 0.25) is 5.88 Å². The van der Waals surface area contributed by atoms with E-state index in [0.717, 1.165) is 22.3 Å². The Morgan fingerprint density at radius 3 is 2.22 bits per heavy atom. The van der Waals surface area contributed by atoms with Gasteiger partial charge in [0.25, 0.3) is 5.56 Å². The summed E-state index contributed by atoms with van der Waals surface area (Å²) >= 11 is 13.8. The number of nitrogens with zero attached hydrogens (tertiary/aromatic N) is 3. The van der Waals surface area contributed by atoms with Crippen LogP contribution in [0.2, 0.25) is 10.0 Å². The first-order chi connectivity index (χ1) is 17.4. The SMILES string of the molecule is COc1nc(-c2cccc(-c3cccc(-c4ccn5c(=O)cc(C)nc5c4)c3Cl)c2Cl)ccc1C=O. The van der Waals surface area contributed by atoms with Gasteiger partial charge in [-0.15, -0.1) is 0 Å². The third-order valence-corrected chi connectivity index (χ3v) is 6.69. The number of aldehydes is 1. The summed E-state index contributed by atoms with van der Waals surface area (Å²) in [5.41, 5.74) is 5.72. The Morgan fingerprint density at radius 2 is 1.53 bits per heavy atom. The minimum absolute atomic E-state index is 0.140. The quantitative estimate of drug-likeness (QED) is 0.249. The number of benzene rings is 2. The summed E-state index contributed by atoms with van der Waals surface area (Å²) in [6.07, 6.45) is 2.39. The summed E-state index contributed by atoms with van der Waals surface area (Å²) in [5, 5.41) is 0.977. The van der Waals surface area contributed by atoms with Crippen molar-refractivity contribution >= 4 is 35.1 Å². The third-order valence-electron chi connectivity index (χ3n) is 5.88. The van der Waals surface area contributed by atoms with Crippen molar-refractivity contribution in [2.24, 2.45) is 0 Å². The molecule has 3 aromatic heterocycles. The van der Waals surface area contributed by atoms with Crippen molar-refractivity contribution in [3.05, 3.63) is 105 Å². The van der Waals surface area contributed by atoms with Gasteiger partial charge in [-0.1, -0.05) is 59.6 Å². The van der Waals surface area contributed by atoms with Gasteiger partial charge < -0.3 is 4.74 Å². The number of hydrogen-bond donors (Lipinski definition) is 0. The van der Waals surface area contributed by atoms with Crippen molar-refractivity contribution in [3.8, 4) is 39.4 Å². The predicted octanol–water partition coefficient (Wildman–Crippen LogP) is 6.53. The molecule has 0 aliphatic rings. The highest BCUT2D eigenvalue weighted by molar-refractivity contribution is 6.39. The van der Waals surface area contributed by atoms with Crippen molar-refractivity contribution in [2.45, 2.75) is 6.92 Å². The molecule has 5 aromatic rings. The maximum Gasteiger partial charge on any atom is 0.258 e. The minimum Gasteiger partial charge on any atom is -0.480 e. The largest absolute Gasteiger partial charge is 0.480 e. The van der Waals surface area contributed by atoms with E-state index in [2.05, 4.69) is 9.97 Å². The molecule has 0 saturated heterocycles. The van der Waals surface area contributed by atoms with Crippen LogP contribution < -0.4 is 10.3 Å². The Balaban J connectivity index is 1.63. The van der Waals surface area contributed by atoms with E-state index in [4.69, 9.17) is 27.9 Å². The molecule has 0 atom stereocenters. The summed E-state index contributed by atoms with van der Waals surface area (Å²) in [7, 11) is 1.46. The predicted molar refractivity (Wildman–Crippen MR) is 142 cm³/mol. The molecule has 178 valence electrons. The summed E-state index contributed by atoms with van der Waals surface area (Å²) in [6.45, 7) is 1.79. The van der Waals surface area contributed by atoms with Crippen molar-refractivity contribution in [1.82, 2.24) is 14.4 Å². The topological polar surface area (TPSA) is 73.6 Å². The molecule has 0 spiro atoms. The molecule has 0 amide bonds. The lowest BCUT2D eigenvalue weighted by Gasteiger charge is -2.14. The normalized spacial score (nSPS) is 11.0. The number of carbonyl (C=O) groups is 1. The molecule has 6 nitrogen and oxygen atoms in total. The van der Waals surface area contributed by atoms with Gasteiger partial charge in [0.1, 0.15) is 5.65 Å². The van der Waals surface area contributed by atoms with Gasteiger partial charge in [-0.2, -0.15) is 0 Å². The zero-order chi connectivity index (χ0) is 25.4. The number of pyridine rings is 2. The van der Waals surface area contributed by atoms with Crippen LogP contribution >= 0.6 is 23.2 Å². The lowest BCUT2D eigenvalue weighted by atomic mass is 9.97. The van der Waals surface area contributed by atoms with E-state index in [0.29, 0.717) is 44.5 Å². The average Bonchev–Trinajstić information content (AvgIpc) is 2.88. The maximum atomic E-state index is 12.3. The van der Waals surface area contributed by atoms with E-state index >= 15 is 0 Å². The van der Waals surface area contributed by atoms with E-state index in [1.54, 1.807) is 25.3 Å². The first-order valence-corrected chi connectivity index (χ1v) is 11.8. The number of hydrogen-bond acceptors (Lipinski definition) is 5. The van der Waals surface area contributed by atoms with Crippen molar-refractivity contribution in [2.75, 3.05) is 7.11 Å². The zero-order valence-corrected chi connectivity index (χ0v) is 20.8. The molecular weight excluding hydrogens is 497 g/mol. The Hall–Kier alpha value is -4.00. The van der Waals surface area contributed by atoms with E-state index in [1.807, 2.05) is 48.5 Å². The van der Waals surface area contributed by atoms with E-state index in [-0.39, 0.29) is 11.4 Å². The molecule has 0 fully saturated rings. The second kappa shape index (κ2) is 9.57. The molecule has 5 rings (SSSR count). The number of aryl methyl sites for hydroxylation is 1. The van der Waals surface area contributed by atoms with Crippen LogP contribution in [0.15, 0.2) is 77.7 Å². The fourth-order valence-electron chi connectivity index (χ4n) is 4.14. The lowest BCUT2D eigenvalue weighted by molar-refractivity contribution is 0.112. The van der Waals surface area contributed by atoms with Gasteiger partial charge in [-0.05, 0) is 36.8 Å². The molecule has 0 bridgehead atoms. The zero-order valence-electron chi connectivity index (χ0n) is 19.3. The Kier molecular flexibility index (Phi) is 6.31. The van der Waals surface area contributed by atoms with Gasteiger partial charge >= 0.3 is 0 Å². The van der Waals surface area contributed by atoms with E-state index in [1.165, 1.54) is 17.6 Å². The smallest absolute Gasteiger partial charge is 0.258 e. The monoisotopic (exact) mass is 515 g/mol. The maximum absolute atomic E-state index is 12.3. The number of fused-ring (bicyclic) bond motifs is 1. The highest BCUT2D eigenvalue weighted by Crippen LogP contribution is 2.42. The van der Waals surface area contributed by atoms with Gasteiger partial charge in [0.15, 0.2) is 6.29 Å².